The van der Waals surface area contributed by atoms with E-state index < -0.39 is 0 Å². The van der Waals surface area contributed by atoms with Gasteiger partial charge in [-0.3, -0.25) is 0 Å². The normalized spacial score (nSPS) is 13.2. The van der Waals surface area contributed by atoms with Crippen LogP contribution in [0.2, 0.25) is 0 Å². The minimum atomic E-state index is 0.188. The molecule has 0 fully saturated rings. The quantitative estimate of drug-likeness (QED) is 0.763. The second-order valence-electron chi connectivity index (χ2n) is 3.55. The van der Waals surface area contributed by atoms with Crippen LogP contribution in [0.3, 0.4) is 0 Å². The fourth-order valence-electron chi connectivity index (χ4n) is 1.63. The zero-order valence-electron chi connectivity index (χ0n) is 8.61. The molecule has 0 aliphatic rings. The summed E-state index contributed by atoms with van der Waals surface area (Å²) in [6.07, 6.45) is 4.62. The van der Waals surface area contributed by atoms with Crippen molar-refractivity contribution in [1.29, 1.82) is 0 Å². The lowest BCUT2D eigenvalue weighted by Gasteiger charge is -2.07. The SMILES string of the molecule is CCCC(Cl)Cc1ncnc2sccc12. The molecule has 0 amide bonds. The summed E-state index contributed by atoms with van der Waals surface area (Å²) in [7, 11) is 0. The van der Waals surface area contributed by atoms with Crippen molar-refractivity contribution in [3.63, 3.8) is 0 Å². The molecule has 2 heterocycles. The molecule has 1 unspecified atom stereocenters. The Balaban J connectivity index is 2.23. The summed E-state index contributed by atoms with van der Waals surface area (Å²) < 4.78 is 0. The van der Waals surface area contributed by atoms with Gasteiger partial charge < -0.3 is 0 Å². The first kappa shape index (κ1) is 10.8. The number of thiophene rings is 1. The largest absolute Gasteiger partial charge is 0.241 e. The van der Waals surface area contributed by atoms with Gasteiger partial charge in [0.25, 0.3) is 0 Å². The van der Waals surface area contributed by atoms with Crippen molar-refractivity contribution in [1.82, 2.24) is 9.97 Å². The van der Waals surface area contributed by atoms with Crippen LogP contribution >= 0.6 is 22.9 Å². The summed E-state index contributed by atoms with van der Waals surface area (Å²) in [6.45, 7) is 2.15. The van der Waals surface area contributed by atoms with Gasteiger partial charge in [0.15, 0.2) is 0 Å². The predicted octanol–water partition coefficient (Wildman–Crippen LogP) is 3.64. The van der Waals surface area contributed by atoms with Gasteiger partial charge in [-0.15, -0.1) is 22.9 Å². The molecular formula is C11H13ClN2S. The highest BCUT2D eigenvalue weighted by Gasteiger charge is 2.10. The summed E-state index contributed by atoms with van der Waals surface area (Å²) in [6, 6.07) is 2.07. The van der Waals surface area contributed by atoms with Crippen LogP contribution in [0.25, 0.3) is 10.2 Å². The maximum atomic E-state index is 6.23. The van der Waals surface area contributed by atoms with Crippen LogP contribution in [0.15, 0.2) is 17.8 Å². The average Bonchev–Trinajstić information content (AvgIpc) is 2.67. The zero-order chi connectivity index (χ0) is 10.7. The molecule has 2 aromatic rings. The Hall–Kier alpha value is -0.670. The number of halogens is 1. The Morgan fingerprint density at radius 1 is 1.47 bits per heavy atom. The number of fused-ring (bicyclic) bond motifs is 1. The molecule has 0 saturated heterocycles. The van der Waals surface area contributed by atoms with E-state index in [1.807, 2.05) is 5.38 Å². The molecule has 4 heteroatoms. The molecule has 0 spiro atoms. The molecule has 2 aromatic heterocycles. The average molecular weight is 241 g/mol. The Bertz CT molecular complexity index is 441. The fraction of sp³-hybridized carbons (Fsp3) is 0.455. The van der Waals surface area contributed by atoms with E-state index in [1.54, 1.807) is 17.7 Å². The molecule has 0 bridgehead atoms. The lowest BCUT2D eigenvalue weighted by atomic mass is 10.1. The molecule has 0 saturated carbocycles. The number of hydrogen-bond acceptors (Lipinski definition) is 3. The highest BCUT2D eigenvalue weighted by atomic mass is 35.5. The lowest BCUT2D eigenvalue weighted by molar-refractivity contribution is 0.718. The standard InChI is InChI=1S/C11H13ClN2S/c1-2-3-8(12)6-10-9-4-5-15-11(9)14-7-13-10/h4-5,7-8H,2-3,6H2,1H3. The van der Waals surface area contributed by atoms with Crippen molar-refractivity contribution in [2.45, 2.75) is 31.6 Å². The van der Waals surface area contributed by atoms with Gasteiger partial charge in [-0.1, -0.05) is 13.3 Å². The summed E-state index contributed by atoms with van der Waals surface area (Å²) >= 11 is 7.87. The molecule has 0 aliphatic carbocycles. The molecule has 15 heavy (non-hydrogen) atoms. The number of aromatic nitrogens is 2. The van der Waals surface area contributed by atoms with Crippen molar-refractivity contribution in [3.8, 4) is 0 Å². The van der Waals surface area contributed by atoms with Crippen LogP contribution in [0.4, 0.5) is 0 Å². The summed E-state index contributed by atoms with van der Waals surface area (Å²) in [5, 5.41) is 3.39. The topological polar surface area (TPSA) is 25.8 Å². The van der Waals surface area contributed by atoms with Gasteiger partial charge in [0.1, 0.15) is 11.2 Å². The van der Waals surface area contributed by atoms with Crippen LogP contribution in [0, 0.1) is 0 Å². The molecule has 1 atom stereocenters. The van der Waals surface area contributed by atoms with Crippen LogP contribution in [-0.4, -0.2) is 15.3 Å². The lowest BCUT2D eigenvalue weighted by Crippen LogP contribution is -2.04. The van der Waals surface area contributed by atoms with Gasteiger partial charge in [0.05, 0.1) is 5.69 Å². The molecule has 2 nitrogen and oxygen atoms in total. The molecule has 0 radical (unpaired) electrons. The Labute approximate surface area is 98.3 Å². The van der Waals surface area contributed by atoms with Crippen molar-refractivity contribution < 1.29 is 0 Å². The predicted molar refractivity (Wildman–Crippen MR) is 65.7 cm³/mol. The van der Waals surface area contributed by atoms with E-state index in [9.17, 15) is 0 Å². The maximum absolute atomic E-state index is 6.23. The molecule has 0 aromatic carbocycles. The van der Waals surface area contributed by atoms with Crippen LogP contribution < -0.4 is 0 Å². The van der Waals surface area contributed by atoms with Gasteiger partial charge >= 0.3 is 0 Å². The van der Waals surface area contributed by atoms with Crippen molar-refractivity contribution in [3.05, 3.63) is 23.5 Å². The third-order valence-corrected chi connectivity index (χ3v) is 3.55. The Morgan fingerprint density at radius 3 is 3.13 bits per heavy atom. The molecule has 2 rings (SSSR count). The van der Waals surface area contributed by atoms with E-state index in [4.69, 9.17) is 11.6 Å². The first-order valence-corrected chi connectivity index (χ1v) is 6.44. The van der Waals surface area contributed by atoms with Gasteiger partial charge in [-0.2, -0.15) is 0 Å². The Kier molecular flexibility index (Phi) is 3.54. The highest BCUT2D eigenvalue weighted by Crippen LogP contribution is 2.22. The summed E-state index contributed by atoms with van der Waals surface area (Å²) in [5.74, 6) is 0. The fourth-order valence-corrected chi connectivity index (χ4v) is 2.75. The second-order valence-corrected chi connectivity index (χ2v) is 5.06. The van der Waals surface area contributed by atoms with Gasteiger partial charge in [0.2, 0.25) is 0 Å². The molecule has 0 aliphatic heterocycles. The third kappa shape index (κ3) is 2.47. The molecular weight excluding hydrogens is 228 g/mol. The number of rotatable bonds is 4. The number of nitrogens with zero attached hydrogens (tertiary/aromatic N) is 2. The maximum Gasteiger partial charge on any atom is 0.126 e. The van der Waals surface area contributed by atoms with E-state index in [1.165, 1.54) is 0 Å². The second kappa shape index (κ2) is 4.90. The minimum absolute atomic E-state index is 0.188. The number of hydrogen-bond donors (Lipinski definition) is 0. The third-order valence-electron chi connectivity index (χ3n) is 2.36. The van der Waals surface area contributed by atoms with Crippen LogP contribution in [0.5, 0.6) is 0 Å². The summed E-state index contributed by atoms with van der Waals surface area (Å²) in [4.78, 5) is 9.59. The zero-order valence-corrected chi connectivity index (χ0v) is 10.2. The van der Waals surface area contributed by atoms with Crippen LogP contribution in [0.1, 0.15) is 25.5 Å². The van der Waals surface area contributed by atoms with Crippen LogP contribution in [-0.2, 0) is 6.42 Å². The molecule has 80 valence electrons. The monoisotopic (exact) mass is 240 g/mol. The van der Waals surface area contributed by atoms with E-state index >= 15 is 0 Å². The van der Waals surface area contributed by atoms with Gasteiger partial charge in [-0.05, 0) is 17.9 Å². The summed E-state index contributed by atoms with van der Waals surface area (Å²) in [5.41, 5.74) is 1.08. The van der Waals surface area contributed by atoms with Gasteiger partial charge in [-0.25, -0.2) is 9.97 Å². The molecule has 0 N–H and O–H groups in total. The first-order chi connectivity index (χ1) is 7.31. The van der Waals surface area contributed by atoms with Crippen molar-refractivity contribution in [2.24, 2.45) is 0 Å². The van der Waals surface area contributed by atoms with E-state index in [2.05, 4.69) is 23.0 Å². The minimum Gasteiger partial charge on any atom is -0.241 e. The highest BCUT2D eigenvalue weighted by molar-refractivity contribution is 7.16. The van der Waals surface area contributed by atoms with E-state index in [0.29, 0.717) is 0 Å². The smallest absolute Gasteiger partial charge is 0.126 e. The first-order valence-electron chi connectivity index (χ1n) is 5.12. The van der Waals surface area contributed by atoms with Crippen molar-refractivity contribution >= 4 is 33.2 Å². The Morgan fingerprint density at radius 2 is 2.33 bits per heavy atom. The van der Waals surface area contributed by atoms with E-state index in [0.717, 1.165) is 35.2 Å². The number of alkyl halides is 1. The van der Waals surface area contributed by atoms with Gasteiger partial charge in [0, 0.05) is 17.2 Å². The van der Waals surface area contributed by atoms with E-state index in [-0.39, 0.29) is 5.38 Å². The van der Waals surface area contributed by atoms with Crippen molar-refractivity contribution in [2.75, 3.05) is 0 Å².